The van der Waals surface area contributed by atoms with E-state index >= 15 is 0 Å². The maximum absolute atomic E-state index is 12.0. The minimum Gasteiger partial charge on any atom is -0.487 e. The van der Waals surface area contributed by atoms with Gasteiger partial charge in [-0.3, -0.25) is 4.90 Å². The smallest absolute Gasteiger partial charge is 0.408 e. The fourth-order valence-corrected chi connectivity index (χ4v) is 4.18. The van der Waals surface area contributed by atoms with Crippen molar-refractivity contribution < 1.29 is 14.6 Å². The molecule has 2 heterocycles. The van der Waals surface area contributed by atoms with Gasteiger partial charge in [0.2, 0.25) is 12.2 Å². The predicted octanol–water partition coefficient (Wildman–Crippen LogP) is 4.15. The van der Waals surface area contributed by atoms with Crippen molar-refractivity contribution in [2.24, 2.45) is 10.1 Å². The second-order valence-electron chi connectivity index (χ2n) is 7.92. The molecule has 9 nitrogen and oxygen atoms in total. The van der Waals surface area contributed by atoms with Gasteiger partial charge in [-0.2, -0.15) is 10.4 Å². The third-order valence-corrected chi connectivity index (χ3v) is 6.11. The largest absolute Gasteiger partial charge is 0.487 e. The van der Waals surface area contributed by atoms with E-state index in [4.69, 9.17) is 27.9 Å². The summed E-state index contributed by atoms with van der Waals surface area (Å²) in [6, 6.07) is 13.5. The number of amides is 1. The van der Waals surface area contributed by atoms with E-state index in [2.05, 4.69) is 16.7 Å². The van der Waals surface area contributed by atoms with E-state index in [-0.39, 0.29) is 19.2 Å². The molecule has 1 unspecified atom stereocenters. The van der Waals surface area contributed by atoms with Crippen molar-refractivity contribution in [1.82, 2.24) is 14.8 Å². The number of nitrogens with zero attached hydrogens (tertiary/aromatic N) is 6. The molecule has 0 radical (unpaired) electrons. The highest BCUT2D eigenvalue weighted by molar-refractivity contribution is 6.31. The van der Waals surface area contributed by atoms with Crippen LogP contribution in [0.4, 0.5) is 4.79 Å². The molecule has 4 rings (SSSR count). The minimum atomic E-state index is -1.10. The molecular weight excluding hydrogens is 491 g/mol. The average Bonchev–Trinajstić information content (AvgIpc) is 3.24. The Bertz CT molecular complexity index is 1190. The molecule has 2 aromatic rings. The van der Waals surface area contributed by atoms with Gasteiger partial charge in [-0.05, 0) is 36.4 Å². The molecule has 0 bridgehead atoms. The number of likely N-dealkylation sites (tertiary alicyclic amines) is 1. The van der Waals surface area contributed by atoms with Crippen LogP contribution in [0.15, 0.2) is 71.3 Å². The lowest BCUT2D eigenvalue weighted by Gasteiger charge is -2.42. The van der Waals surface area contributed by atoms with Gasteiger partial charge in [0.25, 0.3) is 0 Å². The first-order valence-corrected chi connectivity index (χ1v) is 11.5. The Labute approximate surface area is 212 Å². The fourth-order valence-electron chi connectivity index (χ4n) is 3.93. The maximum atomic E-state index is 12.0. The van der Waals surface area contributed by atoms with Crippen LogP contribution in [-0.2, 0) is 0 Å². The second-order valence-corrected chi connectivity index (χ2v) is 8.80. The number of benzene rings is 2. The molecule has 1 amide bonds. The van der Waals surface area contributed by atoms with Gasteiger partial charge in [0.05, 0.1) is 31.4 Å². The predicted molar refractivity (Wildman–Crippen MR) is 134 cm³/mol. The lowest BCUT2D eigenvalue weighted by molar-refractivity contribution is 0.0581. The summed E-state index contributed by atoms with van der Waals surface area (Å²) in [6.45, 7) is 4.97. The molecule has 1 saturated heterocycles. The number of rotatable bonds is 6. The number of ether oxygens (including phenoxy) is 1. The fraction of sp³-hybridized carbons (Fsp3) is 0.250. The Morgan fingerprint density at radius 3 is 2.40 bits per heavy atom. The van der Waals surface area contributed by atoms with Crippen LogP contribution in [0.5, 0.6) is 5.75 Å². The highest BCUT2D eigenvalue weighted by Crippen LogP contribution is 2.25. The number of hydrogen-bond acceptors (Lipinski definition) is 5. The third kappa shape index (κ3) is 5.50. The Kier molecular flexibility index (Phi) is 7.44. The molecule has 2 aliphatic heterocycles. The number of hydrazone groups is 1. The second kappa shape index (κ2) is 10.7. The number of aliphatic imine (C=N–C) groups is 1. The van der Waals surface area contributed by atoms with Crippen LogP contribution >= 0.6 is 23.2 Å². The zero-order chi connectivity index (χ0) is 24.9. The highest BCUT2D eigenvalue weighted by atomic mass is 35.5. The molecule has 2 aromatic carbocycles. The van der Waals surface area contributed by atoms with Gasteiger partial charge in [-0.15, -0.1) is 11.6 Å². The van der Waals surface area contributed by atoms with E-state index in [0.29, 0.717) is 40.6 Å². The van der Waals surface area contributed by atoms with Gasteiger partial charge in [-0.25, -0.2) is 9.80 Å². The van der Waals surface area contributed by atoms with E-state index in [0.717, 1.165) is 5.56 Å². The first-order valence-electron chi connectivity index (χ1n) is 10.8. The van der Waals surface area contributed by atoms with E-state index < -0.39 is 12.1 Å². The summed E-state index contributed by atoms with van der Waals surface area (Å²) in [6.07, 6.45) is 2.16. The molecule has 35 heavy (non-hydrogen) atoms. The molecule has 0 saturated carbocycles. The average molecular weight is 513 g/mol. The monoisotopic (exact) mass is 512 g/mol. The topological polar surface area (TPSA) is 105 Å². The Morgan fingerprint density at radius 1 is 1.20 bits per heavy atom. The Morgan fingerprint density at radius 2 is 1.83 bits per heavy atom. The van der Waals surface area contributed by atoms with Crippen molar-refractivity contribution in [2.45, 2.75) is 12.1 Å². The van der Waals surface area contributed by atoms with Crippen molar-refractivity contribution in [3.8, 4) is 11.9 Å². The van der Waals surface area contributed by atoms with Gasteiger partial charge in [0, 0.05) is 22.2 Å². The molecule has 1 atom stereocenters. The van der Waals surface area contributed by atoms with E-state index in [1.54, 1.807) is 53.5 Å². The number of hydrogen-bond donors (Lipinski definition) is 1. The molecule has 180 valence electrons. The van der Waals surface area contributed by atoms with Gasteiger partial charge in [0.1, 0.15) is 11.9 Å². The molecule has 1 N–H and O–H groups in total. The van der Waals surface area contributed by atoms with Crippen LogP contribution < -0.4 is 4.74 Å². The van der Waals surface area contributed by atoms with Gasteiger partial charge < -0.3 is 14.7 Å². The number of guanidine groups is 1. The zero-order valence-corrected chi connectivity index (χ0v) is 20.1. The Hall–Kier alpha value is -3.74. The number of halogens is 2. The SMILES string of the molecule is C=CCN(C(=O)O)C1CN(/C(=N\C#N)N2CC(Oc3ccc(Cl)cc3)C2)N=C1c1ccc(Cl)cc1. The Balaban J connectivity index is 1.55. The van der Waals surface area contributed by atoms with Crippen molar-refractivity contribution in [1.29, 1.82) is 5.26 Å². The summed E-state index contributed by atoms with van der Waals surface area (Å²) >= 11 is 12.0. The summed E-state index contributed by atoms with van der Waals surface area (Å²) < 4.78 is 5.95. The van der Waals surface area contributed by atoms with E-state index in [1.807, 2.05) is 11.1 Å². The summed E-state index contributed by atoms with van der Waals surface area (Å²) in [7, 11) is 0. The molecular formula is C24H22Cl2N6O3. The van der Waals surface area contributed by atoms with Crippen molar-refractivity contribution in [3.05, 3.63) is 76.8 Å². The van der Waals surface area contributed by atoms with Crippen LogP contribution in [-0.4, -0.2) is 76.0 Å². The molecule has 2 aliphatic rings. The summed E-state index contributed by atoms with van der Waals surface area (Å²) in [5.74, 6) is 1.03. The van der Waals surface area contributed by atoms with Crippen molar-refractivity contribution >= 4 is 41.0 Å². The molecule has 0 spiro atoms. The lowest BCUT2D eigenvalue weighted by Crippen LogP contribution is -2.59. The van der Waals surface area contributed by atoms with Crippen LogP contribution in [0.25, 0.3) is 0 Å². The van der Waals surface area contributed by atoms with Crippen LogP contribution in [0.3, 0.4) is 0 Å². The molecule has 0 aromatic heterocycles. The van der Waals surface area contributed by atoms with Gasteiger partial charge in [0.15, 0.2) is 0 Å². The number of carboxylic acid groups (broad SMARTS) is 1. The third-order valence-electron chi connectivity index (χ3n) is 5.61. The maximum Gasteiger partial charge on any atom is 0.408 e. The molecule has 1 fully saturated rings. The van der Waals surface area contributed by atoms with Crippen molar-refractivity contribution in [2.75, 3.05) is 26.2 Å². The first-order chi connectivity index (χ1) is 16.9. The van der Waals surface area contributed by atoms with Gasteiger partial charge in [-0.1, -0.05) is 41.4 Å². The summed E-state index contributed by atoms with van der Waals surface area (Å²) in [5, 5.41) is 26.6. The number of carbonyl (C=O) groups is 1. The minimum absolute atomic E-state index is 0.102. The lowest BCUT2D eigenvalue weighted by atomic mass is 10.0. The zero-order valence-electron chi connectivity index (χ0n) is 18.6. The first kappa shape index (κ1) is 24.4. The number of nitriles is 1. The van der Waals surface area contributed by atoms with E-state index in [1.165, 1.54) is 11.0 Å². The summed E-state index contributed by atoms with van der Waals surface area (Å²) in [4.78, 5) is 19.1. The molecule has 0 aliphatic carbocycles. The van der Waals surface area contributed by atoms with Crippen LogP contribution in [0, 0.1) is 11.5 Å². The normalized spacial score (nSPS) is 17.9. The quantitative estimate of drug-likeness (QED) is 0.269. The van der Waals surface area contributed by atoms with Crippen molar-refractivity contribution in [3.63, 3.8) is 0 Å². The summed E-state index contributed by atoms with van der Waals surface area (Å²) in [5.41, 5.74) is 1.26. The van der Waals surface area contributed by atoms with Gasteiger partial charge >= 0.3 is 6.09 Å². The molecule has 11 heteroatoms. The standard InChI is InChI=1S/C24H22Cl2N6O3/c1-2-11-31(24(33)34)21-14-32(29-22(21)16-3-5-17(25)6-4-16)23(28-15-27)30-12-20(13-30)35-19-9-7-18(26)8-10-19/h2-10,20-21H,1,11-14H2,(H,33,34)/b28-23-. The van der Waals surface area contributed by atoms with Crippen LogP contribution in [0.1, 0.15) is 5.56 Å². The van der Waals surface area contributed by atoms with E-state index in [9.17, 15) is 15.2 Å². The van der Waals surface area contributed by atoms with Crippen LogP contribution in [0.2, 0.25) is 10.0 Å². The highest BCUT2D eigenvalue weighted by Gasteiger charge is 2.40.